The molecular formula is C10H12N2Y-2. The molecule has 0 bridgehead atoms. The van der Waals surface area contributed by atoms with Crippen LogP contribution < -0.4 is 0 Å². The van der Waals surface area contributed by atoms with Crippen molar-refractivity contribution < 1.29 is 32.7 Å². The SMILES string of the molecule is C[CH-]C.[Y].[c-]1nc2ccccc2[nH]1. The summed E-state index contributed by atoms with van der Waals surface area (Å²) in [6.07, 6.45) is 4.66. The number of imidazole rings is 1. The summed E-state index contributed by atoms with van der Waals surface area (Å²) >= 11 is 0. The van der Waals surface area contributed by atoms with E-state index in [2.05, 4.69) is 16.3 Å². The van der Waals surface area contributed by atoms with Crippen LogP contribution in [0.2, 0.25) is 0 Å². The summed E-state index contributed by atoms with van der Waals surface area (Å²) in [6, 6.07) is 7.84. The van der Waals surface area contributed by atoms with Gasteiger partial charge in [-0.15, -0.1) is 12.1 Å². The Morgan fingerprint density at radius 1 is 1.31 bits per heavy atom. The van der Waals surface area contributed by atoms with E-state index in [1.54, 1.807) is 0 Å². The van der Waals surface area contributed by atoms with Gasteiger partial charge in [0.2, 0.25) is 0 Å². The Morgan fingerprint density at radius 2 is 1.92 bits per heavy atom. The summed E-state index contributed by atoms with van der Waals surface area (Å²) in [7, 11) is 0. The maximum atomic E-state index is 3.94. The van der Waals surface area contributed by atoms with Crippen molar-refractivity contribution in [3.8, 4) is 0 Å². The van der Waals surface area contributed by atoms with Gasteiger partial charge in [-0.3, -0.25) is 0 Å². The standard InChI is InChI=1S/C7H5N2.C3H7.Y/c1-2-4-7-6(3-1)8-5-9-7;1-3-2;/h1-4H,(H,8,9);3H,1-2H3;/q2*-1;. The Labute approximate surface area is 104 Å². The van der Waals surface area contributed by atoms with Gasteiger partial charge in [0.05, 0.1) is 0 Å². The van der Waals surface area contributed by atoms with Crippen molar-refractivity contribution in [2.45, 2.75) is 13.8 Å². The molecule has 0 saturated heterocycles. The number of para-hydroxylation sites is 2. The van der Waals surface area contributed by atoms with Crippen LogP contribution in [0.4, 0.5) is 0 Å². The van der Waals surface area contributed by atoms with Crippen LogP contribution in [0.25, 0.3) is 11.0 Å². The molecule has 0 spiro atoms. The molecule has 1 N–H and O–H groups in total. The van der Waals surface area contributed by atoms with Gasteiger partial charge in [-0.2, -0.15) is 13.8 Å². The van der Waals surface area contributed by atoms with E-state index in [0.717, 1.165) is 11.0 Å². The molecule has 67 valence electrons. The summed E-state index contributed by atoms with van der Waals surface area (Å²) in [5.74, 6) is 0. The molecule has 0 aliphatic carbocycles. The van der Waals surface area contributed by atoms with Gasteiger partial charge in [0.15, 0.2) is 0 Å². The van der Waals surface area contributed by atoms with E-state index in [4.69, 9.17) is 0 Å². The van der Waals surface area contributed by atoms with E-state index in [0.29, 0.717) is 0 Å². The summed E-state index contributed by atoms with van der Waals surface area (Å²) in [6.45, 7) is 4.00. The Balaban J connectivity index is 0.000000324. The molecule has 0 aliphatic heterocycles. The fraction of sp³-hybridized carbons (Fsp3) is 0.200. The summed E-state index contributed by atoms with van der Waals surface area (Å²) in [4.78, 5) is 6.82. The Morgan fingerprint density at radius 3 is 2.54 bits per heavy atom. The third-order valence-electron chi connectivity index (χ3n) is 1.27. The number of hydrogen-bond donors (Lipinski definition) is 1. The minimum Gasteiger partial charge on any atom is -0.461 e. The number of nitrogens with zero attached hydrogens (tertiary/aromatic N) is 1. The molecule has 1 radical (unpaired) electrons. The van der Waals surface area contributed by atoms with Crippen LogP contribution in [0.3, 0.4) is 0 Å². The zero-order chi connectivity index (χ0) is 8.81. The van der Waals surface area contributed by atoms with Crippen LogP contribution in [0.1, 0.15) is 13.8 Å². The van der Waals surface area contributed by atoms with E-state index in [1.165, 1.54) is 0 Å². The summed E-state index contributed by atoms with van der Waals surface area (Å²) in [5.41, 5.74) is 2.01. The molecule has 1 aromatic carbocycles. The first kappa shape index (κ1) is 12.8. The molecule has 1 heterocycles. The number of hydrogen-bond acceptors (Lipinski definition) is 1. The fourth-order valence-corrected chi connectivity index (χ4v) is 0.825. The van der Waals surface area contributed by atoms with Crippen LogP contribution in [0, 0.1) is 12.7 Å². The van der Waals surface area contributed by atoms with Gasteiger partial charge in [0.25, 0.3) is 0 Å². The molecule has 2 aromatic rings. The summed E-state index contributed by atoms with van der Waals surface area (Å²) < 4.78 is 0. The predicted octanol–water partition coefficient (Wildman–Crippen LogP) is 2.59. The summed E-state index contributed by atoms with van der Waals surface area (Å²) in [5, 5.41) is 0. The number of rotatable bonds is 0. The number of benzene rings is 1. The van der Waals surface area contributed by atoms with Gasteiger partial charge in [-0.05, 0) is 6.33 Å². The van der Waals surface area contributed by atoms with Gasteiger partial charge >= 0.3 is 0 Å². The van der Waals surface area contributed by atoms with Crippen molar-refractivity contribution >= 4 is 11.0 Å². The zero-order valence-electron chi connectivity index (χ0n) is 7.91. The van der Waals surface area contributed by atoms with E-state index in [-0.39, 0.29) is 32.7 Å². The monoisotopic (exact) mass is 249 g/mol. The third kappa shape index (κ3) is 4.01. The number of aromatic amines is 1. The largest absolute Gasteiger partial charge is 0.461 e. The minimum atomic E-state index is 0. The second-order valence-corrected chi connectivity index (χ2v) is 2.44. The van der Waals surface area contributed by atoms with Gasteiger partial charge in [0.1, 0.15) is 0 Å². The van der Waals surface area contributed by atoms with Gasteiger partial charge in [-0.25, -0.2) is 0 Å². The number of H-pyrrole nitrogens is 1. The van der Waals surface area contributed by atoms with Crippen molar-refractivity contribution in [3.05, 3.63) is 37.0 Å². The van der Waals surface area contributed by atoms with Gasteiger partial charge in [-0.1, -0.05) is 23.2 Å². The maximum Gasteiger partial charge on any atom is 0 e. The molecule has 0 atom stereocenters. The molecule has 0 unspecified atom stereocenters. The second-order valence-electron chi connectivity index (χ2n) is 2.44. The average Bonchev–Trinajstić information content (AvgIpc) is 2.52. The van der Waals surface area contributed by atoms with Crippen LogP contribution in [0.5, 0.6) is 0 Å². The van der Waals surface area contributed by atoms with Crippen molar-refractivity contribution in [1.82, 2.24) is 9.97 Å². The first-order chi connectivity index (χ1) is 5.88. The normalized spacial score (nSPS) is 8.46. The minimum absolute atomic E-state index is 0. The van der Waals surface area contributed by atoms with Crippen LogP contribution in [0.15, 0.2) is 24.3 Å². The molecule has 3 heteroatoms. The van der Waals surface area contributed by atoms with Crippen molar-refractivity contribution in [3.63, 3.8) is 0 Å². The first-order valence-electron chi connectivity index (χ1n) is 3.93. The second kappa shape index (κ2) is 7.22. The van der Waals surface area contributed by atoms with Crippen molar-refractivity contribution in [1.29, 1.82) is 0 Å². The molecule has 2 rings (SSSR count). The van der Waals surface area contributed by atoms with Crippen molar-refractivity contribution in [2.75, 3.05) is 0 Å². The number of fused-ring (bicyclic) bond motifs is 1. The topological polar surface area (TPSA) is 28.7 Å². The molecule has 0 aliphatic rings. The molecule has 2 nitrogen and oxygen atoms in total. The van der Waals surface area contributed by atoms with Crippen LogP contribution in [-0.2, 0) is 32.7 Å². The van der Waals surface area contributed by atoms with E-state index < -0.39 is 0 Å². The molecule has 0 fully saturated rings. The Hall–Kier alpha value is -0.206. The van der Waals surface area contributed by atoms with Gasteiger partial charge in [0, 0.05) is 32.7 Å². The smallest absolute Gasteiger partial charge is 0 e. The quantitative estimate of drug-likeness (QED) is 0.714. The maximum absolute atomic E-state index is 3.94. The Bertz CT molecular complexity index is 300. The zero-order valence-corrected chi connectivity index (χ0v) is 10.7. The van der Waals surface area contributed by atoms with Crippen LogP contribution in [-0.4, -0.2) is 9.97 Å². The molecule has 1 aromatic heterocycles. The molecule has 0 amide bonds. The number of aromatic nitrogens is 2. The molecular weight excluding hydrogens is 237 g/mol. The predicted molar refractivity (Wildman–Crippen MR) is 50.6 cm³/mol. The fourth-order valence-electron chi connectivity index (χ4n) is 0.825. The average molecular weight is 249 g/mol. The Kier molecular flexibility index (Phi) is 7.11. The van der Waals surface area contributed by atoms with Crippen LogP contribution >= 0.6 is 0 Å². The van der Waals surface area contributed by atoms with E-state index >= 15 is 0 Å². The first-order valence-corrected chi connectivity index (χ1v) is 3.93. The van der Waals surface area contributed by atoms with Gasteiger partial charge < -0.3 is 16.4 Å². The number of nitrogens with one attached hydrogen (secondary N) is 1. The van der Waals surface area contributed by atoms with E-state index in [9.17, 15) is 0 Å². The van der Waals surface area contributed by atoms with Crippen molar-refractivity contribution in [2.24, 2.45) is 0 Å². The van der Waals surface area contributed by atoms with E-state index in [1.807, 2.05) is 44.5 Å². The molecule has 0 saturated carbocycles. The third-order valence-corrected chi connectivity index (χ3v) is 1.27. The molecule has 13 heavy (non-hydrogen) atoms.